The van der Waals surface area contributed by atoms with Crippen LogP contribution in [0.2, 0.25) is 0 Å². The number of halogens is 1. The van der Waals surface area contributed by atoms with Crippen molar-refractivity contribution in [3.8, 4) is 0 Å². The zero-order valence-corrected chi connectivity index (χ0v) is 14.5. The van der Waals surface area contributed by atoms with Crippen LogP contribution in [-0.2, 0) is 13.0 Å². The van der Waals surface area contributed by atoms with Crippen LogP contribution in [0.1, 0.15) is 11.1 Å². The topological polar surface area (TPSA) is 6.48 Å². The molecule has 1 aliphatic rings. The van der Waals surface area contributed by atoms with E-state index in [0.29, 0.717) is 0 Å². The molecule has 2 nitrogen and oxygen atoms in total. The second-order valence-corrected chi connectivity index (χ2v) is 6.80. The van der Waals surface area contributed by atoms with E-state index in [1.165, 1.54) is 41.8 Å². The number of piperazine rings is 1. The molecule has 0 aliphatic carbocycles. The molecule has 0 N–H and O–H groups in total. The van der Waals surface area contributed by atoms with Crippen molar-refractivity contribution in [2.24, 2.45) is 0 Å². The van der Waals surface area contributed by atoms with Gasteiger partial charge in [0.15, 0.2) is 0 Å². The number of nitrogens with zero attached hydrogens (tertiary/aromatic N) is 2. The predicted octanol–water partition coefficient (Wildman–Crippen LogP) is 3.81. The molecule has 1 heterocycles. The summed E-state index contributed by atoms with van der Waals surface area (Å²) in [5.41, 5.74) is 2.83. The van der Waals surface area contributed by atoms with Crippen molar-refractivity contribution in [2.45, 2.75) is 13.0 Å². The first-order valence-electron chi connectivity index (χ1n) is 8.03. The standard InChI is InChI=1S/C19H23BrN2/c20-19-9-5-4-8-18(19)10-11-21-12-14-22(15-13-21)16-17-6-2-1-3-7-17/h1-9H,10-16H2. The maximum atomic E-state index is 3.64. The molecule has 0 amide bonds. The van der Waals surface area contributed by atoms with Gasteiger partial charge in [0.2, 0.25) is 0 Å². The van der Waals surface area contributed by atoms with E-state index in [1.807, 2.05) is 0 Å². The molecule has 0 radical (unpaired) electrons. The minimum atomic E-state index is 1.08. The van der Waals surface area contributed by atoms with Crippen molar-refractivity contribution in [3.63, 3.8) is 0 Å². The van der Waals surface area contributed by atoms with Crippen molar-refractivity contribution >= 4 is 15.9 Å². The Labute approximate surface area is 141 Å². The number of benzene rings is 2. The van der Waals surface area contributed by atoms with Crippen molar-refractivity contribution in [1.82, 2.24) is 9.80 Å². The van der Waals surface area contributed by atoms with Gasteiger partial charge in [0, 0.05) is 43.7 Å². The van der Waals surface area contributed by atoms with Crippen LogP contribution in [0.15, 0.2) is 59.1 Å². The summed E-state index contributed by atoms with van der Waals surface area (Å²) in [7, 11) is 0. The zero-order valence-electron chi connectivity index (χ0n) is 12.9. The summed E-state index contributed by atoms with van der Waals surface area (Å²) in [6.45, 7) is 6.94. The molecule has 2 aromatic rings. The predicted molar refractivity (Wildman–Crippen MR) is 96.0 cm³/mol. The van der Waals surface area contributed by atoms with Crippen LogP contribution < -0.4 is 0 Å². The van der Waals surface area contributed by atoms with Crippen molar-refractivity contribution in [1.29, 1.82) is 0 Å². The van der Waals surface area contributed by atoms with Crippen molar-refractivity contribution in [3.05, 3.63) is 70.2 Å². The smallest absolute Gasteiger partial charge is 0.0234 e. The molecule has 0 saturated carbocycles. The van der Waals surface area contributed by atoms with Gasteiger partial charge in [-0.05, 0) is 23.6 Å². The highest BCUT2D eigenvalue weighted by Crippen LogP contribution is 2.17. The molecule has 3 rings (SSSR count). The van der Waals surface area contributed by atoms with E-state index in [1.54, 1.807) is 0 Å². The molecule has 1 saturated heterocycles. The molecule has 3 heteroatoms. The Kier molecular flexibility index (Phi) is 5.65. The molecule has 22 heavy (non-hydrogen) atoms. The third-order valence-electron chi connectivity index (χ3n) is 4.37. The molecule has 0 aromatic heterocycles. The van der Waals surface area contributed by atoms with Crippen LogP contribution in [0, 0.1) is 0 Å². The fourth-order valence-electron chi connectivity index (χ4n) is 2.99. The molecule has 0 atom stereocenters. The number of hydrogen-bond acceptors (Lipinski definition) is 2. The summed E-state index contributed by atoms with van der Waals surface area (Å²) in [6, 6.07) is 19.3. The summed E-state index contributed by atoms with van der Waals surface area (Å²) in [4.78, 5) is 5.14. The normalized spacial score (nSPS) is 16.8. The quantitative estimate of drug-likeness (QED) is 0.801. The van der Waals surface area contributed by atoms with E-state index < -0.39 is 0 Å². The summed E-state index contributed by atoms with van der Waals surface area (Å²) >= 11 is 3.64. The fraction of sp³-hybridized carbons (Fsp3) is 0.368. The molecular formula is C19H23BrN2. The summed E-state index contributed by atoms with van der Waals surface area (Å²) < 4.78 is 1.23. The molecule has 1 fully saturated rings. The van der Waals surface area contributed by atoms with Crippen LogP contribution in [-0.4, -0.2) is 42.5 Å². The van der Waals surface area contributed by atoms with Crippen LogP contribution in [0.5, 0.6) is 0 Å². The maximum absolute atomic E-state index is 3.64. The molecule has 0 bridgehead atoms. The first-order chi connectivity index (χ1) is 10.8. The van der Waals surface area contributed by atoms with Gasteiger partial charge in [0.1, 0.15) is 0 Å². The SMILES string of the molecule is Brc1ccccc1CCN1CCN(Cc2ccccc2)CC1. The first-order valence-corrected chi connectivity index (χ1v) is 8.82. The van der Waals surface area contributed by atoms with Gasteiger partial charge in [0.05, 0.1) is 0 Å². The average Bonchev–Trinajstić information content (AvgIpc) is 2.56. The Morgan fingerprint density at radius 1 is 0.773 bits per heavy atom. The lowest BCUT2D eigenvalue weighted by Crippen LogP contribution is -2.46. The highest BCUT2D eigenvalue weighted by atomic mass is 79.9. The number of rotatable bonds is 5. The van der Waals surface area contributed by atoms with Gasteiger partial charge in [-0.2, -0.15) is 0 Å². The van der Waals surface area contributed by atoms with E-state index in [-0.39, 0.29) is 0 Å². The van der Waals surface area contributed by atoms with Crippen LogP contribution >= 0.6 is 15.9 Å². The maximum Gasteiger partial charge on any atom is 0.0234 e. The third kappa shape index (κ3) is 4.42. The Hall–Kier alpha value is -1.16. The Bertz CT molecular complexity index is 577. The highest BCUT2D eigenvalue weighted by molar-refractivity contribution is 9.10. The Morgan fingerprint density at radius 3 is 2.14 bits per heavy atom. The van der Waals surface area contributed by atoms with Crippen LogP contribution in [0.3, 0.4) is 0 Å². The van der Waals surface area contributed by atoms with E-state index in [0.717, 1.165) is 19.5 Å². The lowest BCUT2D eigenvalue weighted by Gasteiger charge is -2.34. The molecule has 0 spiro atoms. The van der Waals surface area contributed by atoms with E-state index in [4.69, 9.17) is 0 Å². The van der Waals surface area contributed by atoms with E-state index in [9.17, 15) is 0 Å². The minimum Gasteiger partial charge on any atom is -0.300 e. The molecule has 2 aromatic carbocycles. The van der Waals surface area contributed by atoms with Gasteiger partial charge in [-0.1, -0.05) is 64.5 Å². The van der Waals surface area contributed by atoms with E-state index in [2.05, 4.69) is 80.3 Å². The molecule has 0 unspecified atom stereocenters. The van der Waals surface area contributed by atoms with Gasteiger partial charge < -0.3 is 4.90 Å². The Balaban J connectivity index is 1.43. The highest BCUT2D eigenvalue weighted by Gasteiger charge is 2.16. The largest absolute Gasteiger partial charge is 0.300 e. The van der Waals surface area contributed by atoms with Gasteiger partial charge in [-0.25, -0.2) is 0 Å². The summed E-state index contributed by atoms with van der Waals surface area (Å²) in [5.74, 6) is 0. The second kappa shape index (κ2) is 7.91. The lowest BCUT2D eigenvalue weighted by molar-refractivity contribution is 0.128. The zero-order chi connectivity index (χ0) is 15.2. The van der Waals surface area contributed by atoms with Crippen molar-refractivity contribution in [2.75, 3.05) is 32.7 Å². The lowest BCUT2D eigenvalue weighted by atomic mass is 10.1. The van der Waals surface area contributed by atoms with Gasteiger partial charge in [-0.3, -0.25) is 4.90 Å². The summed E-state index contributed by atoms with van der Waals surface area (Å²) in [6.07, 6.45) is 1.13. The van der Waals surface area contributed by atoms with Gasteiger partial charge in [-0.15, -0.1) is 0 Å². The molecule has 1 aliphatic heterocycles. The second-order valence-electron chi connectivity index (χ2n) is 5.94. The average molecular weight is 359 g/mol. The van der Waals surface area contributed by atoms with Crippen molar-refractivity contribution < 1.29 is 0 Å². The Morgan fingerprint density at radius 2 is 1.41 bits per heavy atom. The first kappa shape index (κ1) is 15.7. The summed E-state index contributed by atoms with van der Waals surface area (Å²) in [5, 5.41) is 0. The molecule has 116 valence electrons. The monoisotopic (exact) mass is 358 g/mol. The van der Waals surface area contributed by atoms with Crippen LogP contribution in [0.4, 0.5) is 0 Å². The molecular weight excluding hydrogens is 336 g/mol. The van der Waals surface area contributed by atoms with E-state index >= 15 is 0 Å². The fourth-order valence-corrected chi connectivity index (χ4v) is 3.48. The van der Waals surface area contributed by atoms with Gasteiger partial charge in [0.25, 0.3) is 0 Å². The third-order valence-corrected chi connectivity index (χ3v) is 5.14. The number of hydrogen-bond donors (Lipinski definition) is 0. The van der Waals surface area contributed by atoms with Gasteiger partial charge >= 0.3 is 0 Å². The van der Waals surface area contributed by atoms with Crippen LogP contribution in [0.25, 0.3) is 0 Å². The minimum absolute atomic E-state index is 1.08.